The van der Waals surface area contributed by atoms with Gasteiger partial charge in [-0.05, 0) is 46.6 Å². The van der Waals surface area contributed by atoms with Gasteiger partial charge in [0, 0.05) is 0 Å². The predicted molar refractivity (Wildman–Crippen MR) is 66.5 cm³/mol. The van der Waals surface area contributed by atoms with E-state index in [0.29, 0.717) is 11.1 Å². The van der Waals surface area contributed by atoms with Crippen molar-refractivity contribution in [2.75, 3.05) is 13.7 Å². The van der Waals surface area contributed by atoms with Crippen LogP contribution >= 0.6 is 15.9 Å². The lowest BCUT2D eigenvalue weighted by Crippen LogP contribution is -2.02. The SMILES string of the molecule is CCOC(=O)/C(Br)=C/c1ccc(OC)cc1. The Morgan fingerprint density at radius 3 is 2.50 bits per heavy atom. The summed E-state index contributed by atoms with van der Waals surface area (Å²) in [5.74, 6) is 0.419. The molecular weight excluding hydrogens is 272 g/mol. The lowest BCUT2D eigenvalue weighted by Gasteiger charge is -2.01. The van der Waals surface area contributed by atoms with Gasteiger partial charge in [0.05, 0.1) is 13.7 Å². The second-order valence-electron chi connectivity index (χ2n) is 2.99. The average Bonchev–Trinajstić information content (AvgIpc) is 2.30. The maximum Gasteiger partial charge on any atom is 0.345 e. The quantitative estimate of drug-likeness (QED) is 0.630. The molecular formula is C12H13BrO3. The van der Waals surface area contributed by atoms with Gasteiger partial charge < -0.3 is 9.47 Å². The van der Waals surface area contributed by atoms with Crippen LogP contribution in [0.25, 0.3) is 6.08 Å². The Kier molecular flexibility index (Phi) is 5.05. The number of methoxy groups -OCH3 is 1. The van der Waals surface area contributed by atoms with Crippen LogP contribution in [-0.4, -0.2) is 19.7 Å². The summed E-state index contributed by atoms with van der Waals surface area (Å²) >= 11 is 3.17. The van der Waals surface area contributed by atoms with Crippen molar-refractivity contribution < 1.29 is 14.3 Å². The molecule has 0 atom stereocenters. The zero-order chi connectivity index (χ0) is 12.0. The third-order valence-corrected chi connectivity index (χ3v) is 2.43. The van der Waals surface area contributed by atoms with E-state index in [-0.39, 0.29) is 5.97 Å². The summed E-state index contributed by atoms with van der Waals surface area (Å²) in [5, 5.41) is 0. The summed E-state index contributed by atoms with van der Waals surface area (Å²) in [5.41, 5.74) is 0.903. The van der Waals surface area contributed by atoms with Crippen LogP contribution in [-0.2, 0) is 9.53 Å². The highest BCUT2D eigenvalue weighted by Crippen LogP contribution is 2.17. The summed E-state index contributed by atoms with van der Waals surface area (Å²) in [6, 6.07) is 7.38. The number of carbonyl (C=O) groups excluding carboxylic acids is 1. The van der Waals surface area contributed by atoms with E-state index in [4.69, 9.17) is 9.47 Å². The first-order valence-electron chi connectivity index (χ1n) is 4.85. The zero-order valence-corrected chi connectivity index (χ0v) is 10.8. The molecule has 0 saturated heterocycles. The Bertz CT molecular complexity index is 382. The molecule has 0 unspecified atom stereocenters. The highest BCUT2D eigenvalue weighted by atomic mass is 79.9. The van der Waals surface area contributed by atoms with Gasteiger partial charge in [-0.3, -0.25) is 0 Å². The second-order valence-corrected chi connectivity index (χ2v) is 3.84. The number of benzene rings is 1. The van der Waals surface area contributed by atoms with Gasteiger partial charge in [-0.1, -0.05) is 12.1 Å². The van der Waals surface area contributed by atoms with E-state index in [1.54, 1.807) is 20.1 Å². The summed E-state index contributed by atoms with van der Waals surface area (Å²) in [6.07, 6.45) is 1.71. The van der Waals surface area contributed by atoms with Crippen LogP contribution in [0.15, 0.2) is 28.7 Å². The molecule has 0 fully saturated rings. The summed E-state index contributed by atoms with van der Waals surface area (Å²) in [4.78, 5) is 11.3. The molecule has 1 aromatic rings. The number of halogens is 1. The normalized spacial score (nSPS) is 11.1. The van der Waals surface area contributed by atoms with Gasteiger partial charge in [-0.25, -0.2) is 4.79 Å². The Morgan fingerprint density at radius 1 is 1.38 bits per heavy atom. The topological polar surface area (TPSA) is 35.5 Å². The van der Waals surface area contributed by atoms with Crippen LogP contribution in [0, 0.1) is 0 Å². The van der Waals surface area contributed by atoms with Gasteiger partial charge in [0.2, 0.25) is 0 Å². The van der Waals surface area contributed by atoms with E-state index in [2.05, 4.69) is 15.9 Å². The van der Waals surface area contributed by atoms with Gasteiger partial charge in [0.15, 0.2) is 0 Å². The molecule has 0 aliphatic carbocycles. The monoisotopic (exact) mass is 284 g/mol. The molecule has 0 heterocycles. The predicted octanol–water partition coefficient (Wildman–Crippen LogP) is 2.99. The molecule has 0 bridgehead atoms. The Labute approximate surface area is 103 Å². The highest BCUT2D eigenvalue weighted by Gasteiger charge is 2.06. The van der Waals surface area contributed by atoms with Crippen molar-refractivity contribution in [3.05, 3.63) is 34.3 Å². The Hall–Kier alpha value is -1.29. The smallest absolute Gasteiger partial charge is 0.345 e. The summed E-state index contributed by atoms with van der Waals surface area (Å²) in [6.45, 7) is 2.13. The van der Waals surface area contributed by atoms with E-state index in [9.17, 15) is 4.79 Å². The number of hydrogen-bond donors (Lipinski definition) is 0. The van der Waals surface area contributed by atoms with Gasteiger partial charge >= 0.3 is 5.97 Å². The third kappa shape index (κ3) is 3.70. The van der Waals surface area contributed by atoms with Crippen molar-refractivity contribution in [3.63, 3.8) is 0 Å². The molecule has 1 aromatic carbocycles. The largest absolute Gasteiger partial charge is 0.497 e. The summed E-state index contributed by atoms with van der Waals surface area (Å²) < 4.78 is 10.3. The molecule has 4 heteroatoms. The zero-order valence-electron chi connectivity index (χ0n) is 9.20. The van der Waals surface area contributed by atoms with Crippen molar-refractivity contribution in [1.29, 1.82) is 0 Å². The number of esters is 1. The minimum absolute atomic E-state index is 0.363. The first-order chi connectivity index (χ1) is 7.67. The number of rotatable bonds is 4. The van der Waals surface area contributed by atoms with Gasteiger partial charge in [-0.2, -0.15) is 0 Å². The number of ether oxygens (including phenoxy) is 2. The minimum Gasteiger partial charge on any atom is -0.497 e. The summed E-state index contributed by atoms with van der Waals surface area (Å²) in [7, 11) is 1.61. The van der Waals surface area contributed by atoms with Crippen molar-refractivity contribution in [1.82, 2.24) is 0 Å². The van der Waals surface area contributed by atoms with E-state index in [0.717, 1.165) is 11.3 Å². The van der Waals surface area contributed by atoms with Crippen LogP contribution in [0.2, 0.25) is 0 Å². The van der Waals surface area contributed by atoms with Gasteiger partial charge in [0.1, 0.15) is 10.2 Å². The van der Waals surface area contributed by atoms with Gasteiger partial charge in [0.25, 0.3) is 0 Å². The van der Waals surface area contributed by atoms with Crippen molar-refractivity contribution in [2.45, 2.75) is 6.92 Å². The fourth-order valence-electron chi connectivity index (χ4n) is 1.11. The number of hydrogen-bond acceptors (Lipinski definition) is 3. The van der Waals surface area contributed by atoms with E-state index >= 15 is 0 Å². The van der Waals surface area contributed by atoms with Gasteiger partial charge in [-0.15, -0.1) is 0 Å². The lowest BCUT2D eigenvalue weighted by molar-refractivity contribution is -0.137. The van der Waals surface area contributed by atoms with Crippen molar-refractivity contribution in [3.8, 4) is 5.75 Å². The Morgan fingerprint density at radius 2 is 2.00 bits per heavy atom. The molecule has 0 aromatic heterocycles. The van der Waals surface area contributed by atoms with Crippen LogP contribution in [0.4, 0.5) is 0 Å². The standard InChI is InChI=1S/C12H13BrO3/c1-3-16-12(14)11(13)8-9-4-6-10(15-2)7-5-9/h4-8H,3H2,1-2H3/b11-8-. The molecule has 86 valence electrons. The molecule has 0 radical (unpaired) electrons. The van der Waals surface area contributed by atoms with Crippen LogP contribution in [0.1, 0.15) is 12.5 Å². The molecule has 0 amide bonds. The Balaban J connectivity index is 2.77. The first-order valence-corrected chi connectivity index (χ1v) is 5.65. The maximum absolute atomic E-state index is 11.3. The van der Waals surface area contributed by atoms with Crippen molar-refractivity contribution >= 4 is 28.0 Å². The van der Waals surface area contributed by atoms with Crippen LogP contribution in [0.5, 0.6) is 5.75 Å². The minimum atomic E-state index is -0.363. The van der Waals surface area contributed by atoms with E-state index in [1.807, 2.05) is 24.3 Å². The lowest BCUT2D eigenvalue weighted by atomic mass is 10.2. The van der Waals surface area contributed by atoms with E-state index in [1.165, 1.54) is 0 Å². The average molecular weight is 285 g/mol. The molecule has 16 heavy (non-hydrogen) atoms. The fraction of sp³-hybridized carbons (Fsp3) is 0.250. The van der Waals surface area contributed by atoms with E-state index < -0.39 is 0 Å². The maximum atomic E-state index is 11.3. The third-order valence-electron chi connectivity index (χ3n) is 1.88. The molecule has 1 rings (SSSR count). The molecule has 0 N–H and O–H groups in total. The fourth-order valence-corrected chi connectivity index (χ4v) is 1.48. The molecule has 0 aliphatic heterocycles. The number of carbonyl (C=O) groups is 1. The highest BCUT2D eigenvalue weighted by molar-refractivity contribution is 9.12. The molecule has 0 aliphatic rings. The first kappa shape index (κ1) is 12.8. The van der Waals surface area contributed by atoms with Crippen LogP contribution < -0.4 is 4.74 Å². The molecule has 0 saturated carbocycles. The molecule has 3 nitrogen and oxygen atoms in total. The molecule has 0 spiro atoms. The second kappa shape index (κ2) is 6.33. The van der Waals surface area contributed by atoms with Crippen molar-refractivity contribution in [2.24, 2.45) is 0 Å². The van der Waals surface area contributed by atoms with Crippen LogP contribution in [0.3, 0.4) is 0 Å².